The van der Waals surface area contributed by atoms with Crippen LogP contribution in [0.2, 0.25) is 0 Å². The summed E-state index contributed by atoms with van der Waals surface area (Å²) >= 11 is 1.62. The number of primary amides is 2. The molecular weight excluding hydrogens is 791 g/mol. The molecule has 0 aliphatic carbocycles. The Morgan fingerprint density at radius 2 is 1.18 bits per heavy atom. The van der Waals surface area contributed by atoms with Crippen molar-refractivity contribution in [1.29, 1.82) is 0 Å². The molecule has 0 saturated carbocycles. The van der Waals surface area contributed by atoms with Crippen LogP contribution in [0.4, 0.5) is 22.7 Å². The van der Waals surface area contributed by atoms with Gasteiger partial charge in [0.2, 0.25) is 0 Å². The van der Waals surface area contributed by atoms with Gasteiger partial charge in [-0.2, -0.15) is 11.3 Å². The zero-order chi connectivity index (χ0) is 43.5. The van der Waals surface area contributed by atoms with Crippen LogP contribution in [0, 0.1) is 0 Å². The molecule has 7 aromatic rings. The van der Waals surface area contributed by atoms with Gasteiger partial charge in [0, 0.05) is 53.2 Å². The van der Waals surface area contributed by atoms with Gasteiger partial charge in [-0.25, -0.2) is 0 Å². The Labute approximate surface area is 359 Å². The van der Waals surface area contributed by atoms with E-state index in [1.807, 2.05) is 96.5 Å². The molecule has 0 bridgehead atoms. The minimum absolute atomic E-state index is 0.312. The number of anilines is 4. The molecule has 0 saturated heterocycles. The molecule has 0 aliphatic heterocycles. The quantitative estimate of drug-likeness (QED) is 0.0689. The number of benzene rings is 4. The van der Waals surface area contributed by atoms with Gasteiger partial charge in [0.05, 0.1) is 47.8 Å². The fourth-order valence-electron chi connectivity index (χ4n) is 6.63. The Hall–Kier alpha value is -6.90. The van der Waals surface area contributed by atoms with E-state index in [1.165, 1.54) is 12.4 Å². The first-order valence-corrected chi connectivity index (χ1v) is 20.7. The van der Waals surface area contributed by atoms with Crippen LogP contribution in [0.5, 0.6) is 23.0 Å². The fraction of sp³-hybridized carbons (Fsp3) is 0.234. The first-order valence-electron chi connectivity index (χ1n) is 19.8. The van der Waals surface area contributed by atoms with Crippen LogP contribution >= 0.6 is 11.3 Å². The highest BCUT2D eigenvalue weighted by molar-refractivity contribution is 7.07. The van der Waals surface area contributed by atoms with Crippen molar-refractivity contribution in [3.8, 4) is 23.0 Å². The van der Waals surface area contributed by atoms with Crippen LogP contribution in [0.25, 0.3) is 21.8 Å². The normalized spacial score (nSPS) is 10.9. The Kier molecular flexibility index (Phi) is 14.6. The number of nitrogens with one attached hydrogen (secondary N) is 2. The van der Waals surface area contributed by atoms with E-state index in [1.54, 1.807) is 31.6 Å². The number of carbonyl (C=O) groups excluding carboxylic acids is 2. The van der Waals surface area contributed by atoms with Gasteiger partial charge in [0.25, 0.3) is 11.8 Å². The van der Waals surface area contributed by atoms with Gasteiger partial charge in [0.1, 0.15) is 13.2 Å². The molecule has 0 spiro atoms. The van der Waals surface area contributed by atoms with Crippen LogP contribution in [-0.4, -0.2) is 68.1 Å². The first-order chi connectivity index (χ1) is 29.5. The molecule has 316 valence electrons. The highest BCUT2D eigenvalue weighted by atomic mass is 32.1. The smallest absolute Gasteiger partial charge is 0.252 e. The molecule has 0 fully saturated rings. The molecule has 0 radical (unpaired) electrons. The molecule has 0 atom stereocenters. The summed E-state index contributed by atoms with van der Waals surface area (Å²) in [6.07, 6.45) is 4.69. The van der Waals surface area contributed by atoms with Crippen LogP contribution in [-0.2, 0) is 19.4 Å². The van der Waals surface area contributed by atoms with E-state index < -0.39 is 11.8 Å². The predicted octanol–water partition coefficient (Wildman–Crippen LogP) is 8.88. The monoisotopic (exact) mass is 841 g/mol. The largest absolute Gasteiger partial charge is 0.493 e. The van der Waals surface area contributed by atoms with E-state index in [-0.39, 0.29) is 0 Å². The number of aromatic nitrogens is 2. The second kappa shape index (κ2) is 20.4. The molecule has 61 heavy (non-hydrogen) atoms. The number of aryl methyl sites for hydroxylation is 2. The molecule has 0 unspecified atom stereocenters. The second-order valence-electron chi connectivity index (χ2n) is 14.2. The van der Waals surface area contributed by atoms with Gasteiger partial charge in [0.15, 0.2) is 23.0 Å². The van der Waals surface area contributed by atoms with Gasteiger partial charge in [-0.1, -0.05) is 50.2 Å². The highest BCUT2D eigenvalue weighted by Crippen LogP contribution is 2.39. The Morgan fingerprint density at radius 1 is 0.689 bits per heavy atom. The number of fused-ring (bicyclic) bond motifs is 2. The van der Waals surface area contributed by atoms with E-state index in [9.17, 15) is 9.59 Å². The molecule has 13 nitrogen and oxygen atoms in total. The maximum atomic E-state index is 12.2. The number of carbonyl (C=O) groups is 2. The van der Waals surface area contributed by atoms with E-state index in [0.717, 1.165) is 58.2 Å². The molecule has 4 aromatic carbocycles. The van der Waals surface area contributed by atoms with Gasteiger partial charge in [-0.15, -0.1) is 0 Å². The van der Waals surface area contributed by atoms with Crippen molar-refractivity contribution in [2.24, 2.45) is 11.5 Å². The van der Waals surface area contributed by atoms with Crippen molar-refractivity contribution in [2.45, 2.75) is 33.3 Å². The summed E-state index contributed by atoms with van der Waals surface area (Å²) < 4.78 is 23.0. The standard InChI is InChI=1S/C24H23N3O3S.C23H28N4O3/c1-3-16-6-4-5-7-19(16)27-23-17-10-22(30-13-15-8-9-31-14-15)21(29-2)11-20(17)26-12-18(23)24(25)28;1-5-15-8-6-7-9-18(15)26-22-16-12-21(30-11-10-27(2)3)20(29-4)13-19(16)25-14-17(22)23(24)28/h4-12,14H,3,13H2,1-2H3,(H2,25,28)(H,26,27);6-9,12-14H,5,10-11H2,1-4H3,(H2,24,28)(H,25,26). The lowest BCUT2D eigenvalue weighted by atomic mass is 10.1. The van der Waals surface area contributed by atoms with Gasteiger partial charge in [-0.05, 0) is 84.7 Å². The van der Waals surface area contributed by atoms with Crippen LogP contribution < -0.4 is 41.0 Å². The second-order valence-corrected chi connectivity index (χ2v) is 15.0. The number of para-hydroxylation sites is 2. The van der Waals surface area contributed by atoms with Crippen molar-refractivity contribution >= 4 is 67.7 Å². The average Bonchev–Trinajstić information content (AvgIpc) is 3.79. The van der Waals surface area contributed by atoms with Crippen molar-refractivity contribution in [1.82, 2.24) is 14.9 Å². The number of likely N-dealkylation sites (N-methyl/N-ethyl adjacent to an activating group) is 1. The third-order valence-electron chi connectivity index (χ3n) is 9.92. The summed E-state index contributed by atoms with van der Waals surface area (Å²) in [7, 11) is 7.15. The van der Waals surface area contributed by atoms with E-state index in [4.69, 9.17) is 30.4 Å². The number of hydrogen-bond donors (Lipinski definition) is 4. The van der Waals surface area contributed by atoms with Crippen LogP contribution in [0.1, 0.15) is 51.3 Å². The van der Waals surface area contributed by atoms with Crippen molar-refractivity contribution in [3.05, 3.63) is 130 Å². The number of ether oxygens (including phenoxy) is 4. The number of nitrogens with two attached hydrogens (primary N) is 2. The summed E-state index contributed by atoms with van der Waals surface area (Å²) in [4.78, 5) is 35.2. The summed E-state index contributed by atoms with van der Waals surface area (Å²) in [5.41, 5.74) is 19.7. The SMILES string of the molecule is CCc1ccccc1Nc1c(C(N)=O)cnc2cc(OC)c(OCCN(C)C)cc12.CCc1ccccc1Nc1c(C(N)=O)cnc2cc(OC)c(OCc3ccsc3)cc12. The highest BCUT2D eigenvalue weighted by Gasteiger charge is 2.20. The topological polar surface area (TPSA) is 176 Å². The molecular formula is C47H51N7O6S. The number of pyridine rings is 2. The first kappa shape index (κ1) is 43.7. The molecule has 6 N–H and O–H groups in total. The lowest BCUT2D eigenvalue weighted by molar-refractivity contribution is 0.0992. The van der Waals surface area contributed by atoms with Gasteiger partial charge in [-0.3, -0.25) is 19.6 Å². The minimum Gasteiger partial charge on any atom is -0.493 e. The van der Waals surface area contributed by atoms with Gasteiger partial charge < -0.3 is 45.9 Å². The van der Waals surface area contributed by atoms with Crippen LogP contribution in [0.15, 0.2) is 102 Å². The minimum atomic E-state index is -0.553. The molecule has 7 rings (SSSR count). The zero-order valence-electron chi connectivity index (χ0n) is 35.2. The number of rotatable bonds is 17. The van der Waals surface area contributed by atoms with E-state index in [2.05, 4.69) is 40.5 Å². The number of nitrogens with zero attached hydrogens (tertiary/aromatic N) is 3. The maximum absolute atomic E-state index is 12.2. The molecule has 14 heteroatoms. The molecule has 3 aromatic heterocycles. The Morgan fingerprint density at radius 3 is 1.61 bits per heavy atom. The lowest BCUT2D eigenvalue weighted by Crippen LogP contribution is -2.19. The molecule has 0 aliphatic rings. The molecule has 2 amide bonds. The lowest BCUT2D eigenvalue weighted by Gasteiger charge is -2.18. The third kappa shape index (κ3) is 10.5. The van der Waals surface area contributed by atoms with Crippen molar-refractivity contribution < 1.29 is 28.5 Å². The van der Waals surface area contributed by atoms with Gasteiger partial charge >= 0.3 is 0 Å². The fourth-order valence-corrected chi connectivity index (χ4v) is 7.29. The molecule has 3 heterocycles. The third-order valence-corrected chi connectivity index (χ3v) is 10.7. The summed E-state index contributed by atoms with van der Waals surface area (Å²) in [5.74, 6) is 1.20. The van der Waals surface area contributed by atoms with E-state index in [0.29, 0.717) is 69.7 Å². The Bertz CT molecular complexity index is 2630. The zero-order valence-corrected chi connectivity index (χ0v) is 36.0. The maximum Gasteiger partial charge on any atom is 0.252 e. The average molecular weight is 842 g/mol. The Balaban J connectivity index is 0.000000204. The van der Waals surface area contributed by atoms with Crippen molar-refractivity contribution in [3.63, 3.8) is 0 Å². The van der Waals surface area contributed by atoms with Crippen molar-refractivity contribution in [2.75, 3.05) is 52.1 Å². The number of amides is 2. The summed E-state index contributed by atoms with van der Waals surface area (Å²) in [6.45, 7) is 5.84. The summed E-state index contributed by atoms with van der Waals surface area (Å²) in [5, 5.41) is 12.3. The summed E-state index contributed by atoms with van der Waals surface area (Å²) in [6, 6.07) is 25.3. The number of hydrogen-bond acceptors (Lipinski definition) is 12. The predicted molar refractivity (Wildman–Crippen MR) is 245 cm³/mol. The van der Waals surface area contributed by atoms with Crippen LogP contribution in [0.3, 0.4) is 0 Å². The number of methoxy groups -OCH3 is 2. The number of thiophene rings is 1. The van der Waals surface area contributed by atoms with E-state index >= 15 is 0 Å².